The summed E-state index contributed by atoms with van der Waals surface area (Å²) in [5.41, 5.74) is 0.746. The summed E-state index contributed by atoms with van der Waals surface area (Å²) in [5, 5.41) is 0.887. The van der Waals surface area contributed by atoms with Crippen LogP contribution >= 0.6 is 11.6 Å². The number of halogens is 3. The first kappa shape index (κ1) is 21.3. The van der Waals surface area contributed by atoms with Crippen LogP contribution in [0, 0.1) is 11.6 Å². The van der Waals surface area contributed by atoms with Gasteiger partial charge in [-0.2, -0.15) is 0 Å². The van der Waals surface area contributed by atoms with Crippen LogP contribution in [0.1, 0.15) is 54.9 Å². The van der Waals surface area contributed by atoms with Crippen LogP contribution < -0.4 is 4.74 Å². The zero-order chi connectivity index (χ0) is 20.8. The average molecular weight is 417 g/mol. The summed E-state index contributed by atoms with van der Waals surface area (Å²) in [6, 6.07) is 12.2. The van der Waals surface area contributed by atoms with Gasteiger partial charge in [0.25, 0.3) is 0 Å². The van der Waals surface area contributed by atoms with Gasteiger partial charge in [0.1, 0.15) is 17.4 Å². The predicted molar refractivity (Wildman–Crippen MR) is 113 cm³/mol. The Morgan fingerprint density at radius 1 is 0.966 bits per heavy atom. The Kier molecular flexibility index (Phi) is 7.21. The number of ether oxygens (including phenoxy) is 1. The molecule has 0 N–H and O–H groups in total. The van der Waals surface area contributed by atoms with Crippen molar-refractivity contribution in [2.45, 2.75) is 45.4 Å². The first-order chi connectivity index (χ1) is 14.0. The van der Waals surface area contributed by atoms with Gasteiger partial charge in [0.05, 0.1) is 10.6 Å². The van der Waals surface area contributed by atoms with Crippen LogP contribution in [-0.4, -0.2) is 5.97 Å². The number of carbonyl (C=O) groups is 1. The first-order valence-corrected chi connectivity index (χ1v) is 10.3. The number of rotatable bonds is 8. The largest absolute Gasteiger partial charge is 0.423 e. The van der Waals surface area contributed by atoms with Crippen molar-refractivity contribution in [1.82, 2.24) is 0 Å². The van der Waals surface area contributed by atoms with E-state index in [0.29, 0.717) is 10.8 Å². The van der Waals surface area contributed by atoms with Crippen molar-refractivity contribution in [3.63, 3.8) is 0 Å². The quantitative estimate of drug-likeness (QED) is 0.216. The van der Waals surface area contributed by atoms with E-state index >= 15 is 0 Å². The van der Waals surface area contributed by atoms with E-state index in [0.717, 1.165) is 24.8 Å². The minimum atomic E-state index is -0.786. The van der Waals surface area contributed by atoms with Crippen LogP contribution in [0.25, 0.3) is 10.8 Å². The lowest BCUT2D eigenvalue weighted by molar-refractivity contribution is 0.0730. The zero-order valence-electron chi connectivity index (χ0n) is 16.3. The van der Waals surface area contributed by atoms with Crippen LogP contribution in [0.15, 0.2) is 48.5 Å². The van der Waals surface area contributed by atoms with Crippen molar-refractivity contribution >= 4 is 28.3 Å². The van der Waals surface area contributed by atoms with Crippen LogP contribution in [0.4, 0.5) is 8.78 Å². The van der Waals surface area contributed by atoms with Crippen molar-refractivity contribution in [3.8, 4) is 5.75 Å². The van der Waals surface area contributed by atoms with E-state index in [4.69, 9.17) is 16.3 Å². The second-order valence-corrected chi connectivity index (χ2v) is 7.52. The lowest BCUT2D eigenvalue weighted by Crippen LogP contribution is -2.11. The summed E-state index contributed by atoms with van der Waals surface area (Å²) in [4.78, 5) is 12.4. The molecule has 29 heavy (non-hydrogen) atoms. The zero-order valence-corrected chi connectivity index (χ0v) is 17.1. The van der Waals surface area contributed by atoms with E-state index < -0.39 is 17.6 Å². The highest BCUT2D eigenvalue weighted by molar-refractivity contribution is 6.31. The Bertz CT molecular complexity index is 1020. The Hall–Kier alpha value is -2.46. The molecule has 0 bridgehead atoms. The van der Waals surface area contributed by atoms with Crippen molar-refractivity contribution in [2.24, 2.45) is 0 Å². The highest BCUT2D eigenvalue weighted by Gasteiger charge is 2.15. The predicted octanol–water partition coefficient (Wildman–Crippen LogP) is 7.50. The molecule has 0 aliphatic heterocycles. The van der Waals surface area contributed by atoms with Gasteiger partial charge in [0.15, 0.2) is 0 Å². The molecule has 0 saturated carbocycles. The van der Waals surface area contributed by atoms with E-state index in [1.54, 1.807) is 12.1 Å². The number of fused-ring (bicyclic) bond motifs is 1. The van der Waals surface area contributed by atoms with E-state index in [2.05, 4.69) is 6.92 Å². The summed E-state index contributed by atoms with van der Waals surface area (Å²) < 4.78 is 33.7. The number of unbranched alkanes of at least 4 members (excludes halogenated alkanes) is 4. The summed E-state index contributed by atoms with van der Waals surface area (Å²) in [6.45, 7) is 2.17. The monoisotopic (exact) mass is 416 g/mol. The molecule has 2 nitrogen and oxygen atoms in total. The molecular weight excluding hydrogens is 394 g/mol. The Morgan fingerprint density at radius 2 is 1.76 bits per heavy atom. The Morgan fingerprint density at radius 3 is 2.52 bits per heavy atom. The van der Waals surface area contributed by atoms with Crippen molar-refractivity contribution in [1.29, 1.82) is 0 Å². The second-order valence-electron chi connectivity index (χ2n) is 7.11. The maximum atomic E-state index is 14.4. The van der Waals surface area contributed by atoms with E-state index in [1.807, 2.05) is 0 Å². The molecule has 3 aromatic rings. The molecule has 0 unspecified atom stereocenters. The fourth-order valence-electron chi connectivity index (χ4n) is 3.28. The third-order valence-corrected chi connectivity index (χ3v) is 5.20. The van der Waals surface area contributed by atoms with Gasteiger partial charge in [-0.1, -0.05) is 56.3 Å². The number of aryl methyl sites for hydroxylation is 1. The highest BCUT2D eigenvalue weighted by Crippen LogP contribution is 2.28. The standard InChI is InChI=1S/C24H23ClF2O2/c1-2-3-4-5-6-7-16-8-11-20(22(26)14-16)24(28)29-18-10-12-19-17(15-18)9-13-21(25)23(19)27/h8-15H,2-7H2,1H3. The molecule has 0 fully saturated rings. The fourth-order valence-corrected chi connectivity index (χ4v) is 3.45. The van der Waals surface area contributed by atoms with Gasteiger partial charge in [-0.25, -0.2) is 13.6 Å². The first-order valence-electron chi connectivity index (χ1n) is 9.88. The van der Waals surface area contributed by atoms with Gasteiger partial charge in [-0.15, -0.1) is 0 Å². The van der Waals surface area contributed by atoms with Crippen molar-refractivity contribution in [3.05, 3.63) is 76.3 Å². The van der Waals surface area contributed by atoms with Crippen LogP contribution in [0.2, 0.25) is 5.02 Å². The number of carbonyl (C=O) groups excluding carboxylic acids is 1. The molecule has 0 spiro atoms. The topological polar surface area (TPSA) is 26.3 Å². The number of esters is 1. The van der Waals surface area contributed by atoms with Gasteiger partial charge in [0, 0.05) is 5.39 Å². The molecule has 0 saturated heterocycles. The van der Waals surface area contributed by atoms with E-state index in [9.17, 15) is 13.6 Å². The van der Waals surface area contributed by atoms with Gasteiger partial charge >= 0.3 is 5.97 Å². The third kappa shape index (κ3) is 5.33. The van der Waals surface area contributed by atoms with Crippen molar-refractivity contribution in [2.75, 3.05) is 0 Å². The maximum absolute atomic E-state index is 14.4. The summed E-state index contributed by atoms with van der Waals surface area (Å²) in [6.07, 6.45) is 6.49. The molecule has 0 atom stereocenters. The summed E-state index contributed by atoms with van der Waals surface area (Å²) in [7, 11) is 0. The van der Waals surface area contributed by atoms with Crippen LogP contribution in [-0.2, 0) is 6.42 Å². The number of hydrogen-bond donors (Lipinski definition) is 0. The molecule has 3 aromatic carbocycles. The molecular formula is C24H23ClF2O2. The normalized spacial score (nSPS) is 11.0. The lowest BCUT2D eigenvalue weighted by atomic mass is 10.0. The van der Waals surface area contributed by atoms with E-state index in [-0.39, 0.29) is 16.3 Å². The molecule has 0 heterocycles. The molecule has 0 aromatic heterocycles. The summed E-state index contributed by atoms with van der Waals surface area (Å²) >= 11 is 5.77. The summed E-state index contributed by atoms with van der Waals surface area (Å²) in [5.74, 6) is -1.70. The smallest absolute Gasteiger partial charge is 0.346 e. The lowest BCUT2D eigenvalue weighted by Gasteiger charge is -2.09. The highest BCUT2D eigenvalue weighted by atomic mass is 35.5. The Balaban J connectivity index is 1.67. The number of benzene rings is 3. The van der Waals surface area contributed by atoms with Gasteiger partial charge < -0.3 is 4.74 Å². The molecule has 0 aliphatic rings. The third-order valence-electron chi connectivity index (χ3n) is 4.91. The molecule has 5 heteroatoms. The van der Waals surface area contributed by atoms with Crippen LogP contribution in [0.3, 0.4) is 0 Å². The second kappa shape index (κ2) is 9.84. The van der Waals surface area contributed by atoms with Gasteiger partial charge in [-0.05, 0) is 60.2 Å². The molecule has 0 aliphatic carbocycles. The minimum absolute atomic E-state index is 0.0229. The molecule has 0 radical (unpaired) electrons. The SMILES string of the molecule is CCCCCCCc1ccc(C(=O)Oc2ccc3c(F)c(Cl)ccc3c2)c(F)c1. The molecule has 0 amide bonds. The fraction of sp³-hybridized carbons (Fsp3) is 0.292. The van der Waals surface area contributed by atoms with Crippen LogP contribution in [0.5, 0.6) is 5.75 Å². The minimum Gasteiger partial charge on any atom is -0.423 e. The maximum Gasteiger partial charge on any atom is 0.346 e. The number of hydrogen-bond acceptors (Lipinski definition) is 2. The van der Waals surface area contributed by atoms with E-state index in [1.165, 1.54) is 55.7 Å². The van der Waals surface area contributed by atoms with Gasteiger partial charge in [-0.3, -0.25) is 0 Å². The van der Waals surface area contributed by atoms with Crippen molar-refractivity contribution < 1.29 is 18.3 Å². The Labute approximate surface area is 174 Å². The van der Waals surface area contributed by atoms with Gasteiger partial charge in [0.2, 0.25) is 0 Å². The average Bonchev–Trinajstić information content (AvgIpc) is 2.70. The molecule has 152 valence electrons. The molecule has 3 rings (SSSR count).